The first kappa shape index (κ1) is 10.5. The zero-order valence-corrected chi connectivity index (χ0v) is 5.73. The van der Waals surface area contributed by atoms with Crippen molar-refractivity contribution < 1.29 is 22.0 Å². The van der Waals surface area contributed by atoms with E-state index in [0.717, 1.165) is 5.73 Å². The lowest BCUT2D eigenvalue weighted by Crippen LogP contribution is -2.05. The van der Waals surface area contributed by atoms with Gasteiger partial charge in [0, 0.05) is 0 Å². The molecule has 0 aromatic carbocycles. The van der Waals surface area contributed by atoms with E-state index in [1.54, 1.807) is 0 Å². The maximum atomic E-state index is 11.7. The highest BCUT2D eigenvalue weighted by Crippen LogP contribution is 2.27. The second-order valence-corrected chi connectivity index (χ2v) is 1.85. The van der Waals surface area contributed by atoms with Crippen LogP contribution in [0.15, 0.2) is 16.6 Å². The Hall–Kier alpha value is -0.540. The Morgan fingerprint density at radius 3 is 2.09 bits per heavy atom. The van der Waals surface area contributed by atoms with E-state index in [9.17, 15) is 22.0 Å². The molecule has 0 fully saturated rings. The molecule has 0 rings (SSSR count). The fourth-order valence-electron chi connectivity index (χ4n) is 0.223. The summed E-state index contributed by atoms with van der Waals surface area (Å²) in [6, 6.07) is 0. The molecule has 0 N–H and O–H groups in total. The molecule has 0 unspecified atom stereocenters. The highest BCUT2D eigenvalue weighted by atomic mass is 35.5. The molecule has 11 heavy (non-hydrogen) atoms. The van der Waals surface area contributed by atoms with Crippen molar-refractivity contribution in [3.05, 3.63) is 16.6 Å². The van der Waals surface area contributed by atoms with Crippen LogP contribution in [0.2, 0.25) is 0 Å². The van der Waals surface area contributed by atoms with Crippen LogP contribution in [0.4, 0.5) is 22.0 Å². The zero-order chi connectivity index (χ0) is 9.07. The van der Waals surface area contributed by atoms with Gasteiger partial charge in [-0.3, -0.25) is 0 Å². The predicted molar refractivity (Wildman–Crippen MR) is 29.5 cm³/mol. The van der Waals surface area contributed by atoms with Gasteiger partial charge in [-0.2, -0.15) is 17.6 Å². The molecular weight excluding hydrogens is 190 g/mol. The summed E-state index contributed by atoms with van der Waals surface area (Å²) in [5.41, 5.74) is 1.00. The number of hydrogen-bond donors (Lipinski definition) is 0. The van der Waals surface area contributed by atoms with Gasteiger partial charge in [0.1, 0.15) is 6.67 Å². The maximum Gasteiger partial charge on any atom is 0.434 e. The van der Waals surface area contributed by atoms with Gasteiger partial charge in [-0.15, -0.1) is 0 Å². The minimum Gasteiger partial charge on any atom is -0.243 e. The SMILES string of the molecule is FCC(F)=C=C(Cl)C(F)(F)F. The molecule has 0 spiro atoms. The Labute approximate surface area is 64.0 Å². The number of rotatable bonds is 1. The molecule has 0 aliphatic carbocycles. The van der Waals surface area contributed by atoms with E-state index in [0.29, 0.717) is 0 Å². The third-order valence-electron chi connectivity index (χ3n) is 0.612. The average Bonchev–Trinajstić information content (AvgIpc) is 1.85. The molecule has 0 saturated heterocycles. The number of alkyl halides is 4. The normalized spacial score (nSPS) is 10.7. The number of hydrogen-bond acceptors (Lipinski definition) is 0. The van der Waals surface area contributed by atoms with Crippen molar-refractivity contribution in [2.45, 2.75) is 6.18 Å². The fraction of sp³-hybridized carbons (Fsp3) is 0.400. The molecule has 0 nitrogen and oxygen atoms in total. The average molecular weight is 193 g/mol. The third kappa shape index (κ3) is 4.01. The molecule has 0 aliphatic heterocycles. The van der Waals surface area contributed by atoms with Crippen molar-refractivity contribution in [1.82, 2.24) is 0 Å². The van der Waals surface area contributed by atoms with E-state index in [-0.39, 0.29) is 0 Å². The van der Waals surface area contributed by atoms with Crippen molar-refractivity contribution in [3.8, 4) is 0 Å². The minimum absolute atomic E-state index is 1.00. The first-order valence-electron chi connectivity index (χ1n) is 2.32. The Morgan fingerprint density at radius 2 is 1.82 bits per heavy atom. The van der Waals surface area contributed by atoms with Gasteiger partial charge < -0.3 is 0 Å². The molecule has 0 saturated carbocycles. The lowest BCUT2D eigenvalue weighted by Gasteiger charge is -1.99. The summed E-state index contributed by atoms with van der Waals surface area (Å²) < 4.78 is 57.2. The molecule has 0 aromatic heterocycles. The van der Waals surface area contributed by atoms with E-state index in [1.165, 1.54) is 0 Å². The summed E-state index contributed by atoms with van der Waals surface area (Å²) in [4.78, 5) is 0. The van der Waals surface area contributed by atoms with E-state index in [4.69, 9.17) is 0 Å². The molecule has 0 aliphatic rings. The zero-order valence-electron chi connectivity index (χ0n) is 4.97. The smallest absolute Gasteiger partial charge is 0.243 e. The number of allylic oxidation sites excluding steroid dienone is 1. The van der Waals surface area contributed by atoms with Gasteiger partial charge in [0.05, 0.1) is 0 Å². The molecule has 0 radical (unpaired) electrons. The van der Waals surface area contributed by atoms with E-state index in [1.807, 2.05) is 0 Å². The Bertz CT molecular complexity index is 197. The first-order valence-corrected chi connectivity index (χ1v) is 2.69. The van der Waals surface area contributed by atoms with Gasteiger partial charge in [0.2, 0.25) is 0 Å². The highest BCUT2D eigenvalue weighted by molar-refractivity contribution is 6.30. The van der Waals surface area contributed by atoms with Gasteiger partial charge in [-0.05, 0) is 0 Å². The lowest BCUT2D eigenvalue weighted by molar-refractivity contribution is -0.0844. The summed E-state index contributed by atoms with van der Waals surface area (Å²) in [5, 5.41) is -1.80. The van der Waals surface area contributed by atoms with Crippen molar-refractivity contribution in [1.29, 1.82) is 0 Å². The summed E-state index contributed by atoms with van der Waals surface area (Å²) in [6.45, 7) is -1.65. The minimum atomic E-state index is -4.87. The summed E-state index contributed by atoms with van der Waals surface area (Å²) >= 11 is 4.48. The van der Waals surface area contributed by atoms with Crippen LogP contribution in [-0.4, -0.2) is 12.9 Å². The predicted octanol–water partition coefficient (Wildman–Crippen LogP) is 3.09. The van der Waals surface area contributed by atoms with Gasteiger partial charge in [0.25, 0.3) is 0 Å². The van der Waals surface area contributed by atoms with Crippen LogP contribution in [0.5, 0.6) is 0 Å². The summed E-state index contributed by atoms with van der Waals surface area (Å²) in [7, 11) is 0. The lowest BCUT2D eigenvalue weighted by atomic mass is 10.5. The van der Waals surface area contributed by atoms with E-state index in [2.05, 4.69) is 11.6 Å². The molecule has 0 atom stereocenters. The first-order chi connectivity index (χ1) is 4.88. The van der Waals surface area contributed by atoms with Gasteiger partial charge in [-0.25, -0.2) is 4.39 Å². The van der Waals surface area contributed by atoms with Crippen molar-refractivity contribution in [2.24, 2.45) is 0 Å². The Kier molecular flexibility index (Phi) is 3.55. The van der Waals surface area contributed by atoms with Crippen molar-refractivity contribution in [3.63, 3.8) is 0 Å². The van der Waals surface area contributed by atoms with Crippen LogP contribution in [0.1, 0.15) is 0 Å². The van der Waals surface area contributed by atoms with Gasteiger partial charge in [0.15, 0.2) is 10.9 Å². The Morgan fingerprint density at radius 1 is 1.36 bits per heavy atom. The quantitative estimate of drug-likeness (QED) is 0.442. The van der Waals surface area contributed by atoms with Gasteiger partial charge in [-0.1, -0.05) is 17.3 Å². The van der Waals surface area contributed by atoms with Gasteiger partial charge >= 0.3 is 6.18 Å². The molecule has 6 heteroatoms. The second kappa shape index (κ2) is 3.74. The second-order valence-electron chi connectivity index (χ2n) is 1.48. The summed E-state index contributed by atoms with van der Waals surface area (Å²) in [5.74, 6) is -1.67. The number of halogens is 6. The highest BCUT2D eigenvalue weighted by Gasteiger charge is 2.32. The van der Waals surface area contributed by atoms with Crippen LogP contribution >= 0.6 is 11.6 Å². The topological polar surface area (TPSA) is 0 Å². The summed E-state index contributed by atoms with van der Waals surface area (Å²) in [6.07, 6.45) is -4.87. The van der Waals surface area contributed by atoms with Crippen LogP contribution in [0.25, 0.3) is 0 Å². The van der Waals surface area contributed by atoms with Crippen LogP contribution in [-0.2, 0) is 0 Å². The van der Waals surface area contributed by atoms with E-state index >= 15 is 0 Å². The molecular formula is C5H2ClF5. The fourth-order valence-corrected chi connectivity index (χ4v) is 0.326. The Balaban J connectivity index is 4.72. The van der Waals surface area contributed by atoms with E-state index < -0.39 is 23.7 Å². The van der Waals surface area contributed by atoms with Crippen molar-refractivity contribution >= 4 is 11.6 Å². The monoisotopic (exact) mass is 192 g/mol. The molecule has 0 amide bonds. The largest absolute Gasteiger partial charge is 0.434 e. The maximum absolute atomic E-state index is 11.7. The van der Waals surface area contributed by atoms with Crippen LogP contribution in [0.3, 0.4) is 0 Å². The third-order valence-corrected chi connectivity index (χ3v) is 0.920. The molecule has 0 heterocycles. The van der Waals surface area contributed by atoms with Crippen molar-refractivity contribution in [2.75, 3.05) is 6.67 Å². The van der Waals surface area contributed by atoms with Crippen LogP contribution < -0.4 is 0 Å². The molecule has 0 bridgehead atoms. The van der Waals surface area contributed by atoms with Crippen LogP contribution in [0, 0.1) is 0 Å². The molecule has 64 valence electrons. The standard InChI is InChI=1S/C5H2ClF5/c6-4(5(9,10)11)1-3(8)2-7/h2H2. The molecule has 0 aromatic rings.